The highest BCUT2D eigenvalue weighted by molar-refractivity contribution is 7.92. The molecule has 2 atom stereocenters. The molecule has 142 valence electrons. The van der Waals surface area contributed by atoms with Crippen molar-refractivity contribution < 1.29 is 13.2 Å². The van der Waals surface area contributed by atoms with Crippen LogP contribution in [0, 0.1) is 6.92 Å². The lowest BCUT2D eigenvalue weighted by atomic mass is 9.95. The Morgan fingerprint density at radius 1 is 1.21 bits per heavy atom. The summed E-state index contributed by atoms with van der Waals surface area (Å²) in [5.74, 6) is -0.404. The van der Waals surface area contributed by atoms with Crippen molar-refractivity contribution in [3.8, 4) is 11.1 Å². The summed E-state index contributed by atoms with van der Waals surface area (Å²) in [7, 11) is -3.45. The smallest absolute Gasteiger partial charge is 0.273 e. The molecule has 0 spiro atoms. The molecule has 28 heavy (non-hydrogen) atoms. The summed E-state index contributed by atoms with van der Waals surface area (Å²) in [6.45, 7) is 2.45. The van der Waals surface area contributed by atoms with Crippen molar-refractivity contribution in [1.82, 2.24) is 14.9 Å². The van der Waals surface area contributed by atoms with Gasteiger partial charge in [0, 0.05) is 36.8 Å². The second kappa shape index (κ2) is 6.22. The van der Waals surface area contributed by atoms with E-state index in [1.54, 1.807) is 28.7 Å². The molecule has 4 heterocycles. The van der Waals surface area contributed by atoms with Crippen LogP contribution in [-0.4, -0.2) is 47.5 Å². The van der Waals surface area contributed by atoms with Crippen molar-refractivity contribution in [3.05, 3.63) is 64.4 Å². The van der Waals surface area contributed by atoms with Gasteiger partial charge in [0.2, 0.25) is 0 Å². The van der Waals surface area contributed by atoms with E-state index in [2.05, 4.69) is 9.97 Å². The lowest BCUT2D eigenvalue weighted by molar-refractivity contribution is 0.0785. The number of fused-ring (bicyclic) bond motifs is 3. The zero-order valence-electron chi connectivity index (χ0n) is 15.1. The van der Waals surface area contributed by atoms with E-state index in [0.29, 0.717) is 17.1 Å². The third-order valence-electron chi connectivity index (χ3n) is 5.50. The van der Waals surface area contributed by atoms with Crippen molar-refractivity contribution in [2.45, 2.75) is 23.0 Å². The Balaban J connectivity index is 1.52. The Morgan fingerprint density at radius 3 is 2.79 bits per heavy atom. The maximum atomic E-state index is 13.1. The number of nitrogens with zero attached hydrogens (tertiary/aromatic N) is 3. The van der Waals surface area contributed by atoms with E-state index in [1.807, 2.05) is 31.2 Å². The second-order valence-corrected chi connectivity index (χ2v) is 10.3. The lowest BCUT2D eigenvalue weighted by Gasteiger charge is -2.17. The molecule has 0 bridgehead atoms. The average molecular weight is 412 g/mol. The van der Waals surface area contributed by atoms with Crippen molar-refractivity contribution >= 4 is 27.1 Å². The van der Waals surface area contributed by atoms with Gasteiger partial charge in [0.15, 0.2) is 9.84 Å². The summed E-state index contributed by atoms with van der Waals surface area (Å²) < 4.78 is 26.1. The predicted molar refractivity (Wildman–Crippen MR) is 106 cm³/mol. The van der Waals surface area contributed by atoms with Crippen LogP contribution in [0.2, 0.25) is 0 Å². The molecule has 8 heteroatoms. The highest BCUT2D eigenvalue weighted by atomic mass is 32.2. The zero-order valence-corrected chi connectivity index (χ0v) is 16.7. The molecule has 1 aromatic carbocycles. The monoisotopic (exact) mass is 411 g/mol. The molecule has 5 rings (SSSR count). The van der Waals surface area contributed by atoms with Gasteiger partial charge in [-0.2, -0.15) is 0 Å². The Bertz CT molecular complexity index is 1190. The number of benzene rings is 1. The summed E-state index contributed by atoms with van der Waals surface area (Å²) in [6.07, 6.45) is 3.47. The molecule has 0 saturated carbocycles. The van der Waals surface area contributed by atoms with Gasteiger partial charge in [0.25, 0.3) is 5.91 Å². The van der Waals surface area contributed by atoms with Crippen LogP contribution in [0.5, 0.6) is 0 Å². The first kappa shape index (κ1) is 17.5. The van der Waals surface area contributed by atoms with Crippen LogP contribution in [0.1, 0.15) is 27.0 Å². The van der Waals surface area contributed by atoms with E-state index < -0.39 is 15.1 Å². The molecular weight excluding hydrogens is 394 g/mol. The molecule has 1 fully saturated rings. The van der Waals surface area contributed by atoms with Crippen LogP contribution in [0.3, 0.4) is 0 Å². The second-order valence-electron chi connectivity index (χ2n) is 7.15. The zero-order chi connectivity index (χ0) is 19.5. The average Bonchev–Trinajstić information content (AvgIpc) is 3.38. The van der Waals surface area contributed by atoms with E-state index in [1.165, 1.54) is 11.3 Å². The summed E-state index contributed by atoms with van der Waals surface area (Å²) in [5.41, 5.74) is 3.07. The fourth-order valence-corrected chi connectivity index (χ4v) is 6.90. The number of pyridine rings is 1. The standard InChI is InChI=1S/C20H17N3O3S2/c1-12-22-17(11-27-12)20(24)23-9-16-15-7-13(14-3-2-6-21-8-14)4-5-18(15)28(25,26)19(16)10-23/h2-8,11,16,19H,9-10H2,1H3/t16-,19-/m0/s1. The number of rotatable bonds is 2. The normalized spacial score (nSPS) is 22.1. The molecule has 2 aromatic heterocycles. The van der Waals surface area contributed by atoms with Crippen LogP contribution in [0.4, 0.5) is 0 Å². The highest BCUT2D eigenvalue weighted by Gasteiger charge is 2.51. The molecule has 2 aliphatic rings. The molecule has 0 radical (unpaired) electrons. The fourth-order valence-electron chi connectivity index (χ4n) is 4.15. The number of amides is 1. The molecule has 0 N–H and O–H groups in total. The van der Waals surface area contributed by atoms with Crippen LogP contribution >= 0.6 is 11.3 Å². The first-order valence-corrected chi connectivity index (χ1v) is 11.4. The molecule has 1 amide bonds. The van der Waals surface area contributed by atoms with E-state index >= 15 is 0 Å². The Hall–Kier alpha value is -2.58. The van der Waals surface area contributed by atoms with Crippen LogP contribution in [-0.2, 0) is 9.84 Å². The van der Waals surface area contributed by atoms with Gasteiger partial charge in [0.1, 0.15) is 5.69 Å². The number of carbonyl (C=O) groups is 1. The van der Waals surface area contributed by atoms with E-state index in [0.717, 1.165) is 21.7 Å². The Morgan fingerprint density at radius 2 is 2.07 bits per heavy atom. The van der Waals surface area contributed by atoms with Gasteiger partial charge in [-0.1, -0.05) is 12.1 Å². The number of carbonyl (C=O) groups excluding carboxylic acids is 1. The van der Waals surface area contributed by atoms with Gasteiger partial charge < -0.3 is 4.90 Å². The van der Waals surface area contributed by atoms with Crippen molar-refractivity contribution in [2.24, 2.45) is 0 Å². The Kier molecular flexibility index (Phi) is 3.89. The predicted octanol–water partition coefficient (Wildman–Crippen LogP) is 2.91. The SMILES string of the molecule is Cc1nc(C(=O)N2C[C@H]3c4cc(-c5cccnc5)ccc4S(=O)(=O)[C@H]3C2)cs1. The van der Waals surface area contributed by atoms with Crippen LogP contribution in [0.15, 0.2) is 53.0 Å². The molecule has 2 aliphatic heterocycles. The van der Waals surface area contributed by atoms with Gasteiger partial charge in [-0.3, -0.25) is 9.78 Å². The molecular formula is C20H17N3O3S2. The molecule has 3 aromatic rings. The fraction of sp³-hybridized carbons (Fsp3) is 0.250. The molecule has 0 aliphatic carbocycles. The number of hydrogen-bond acceptors (Lipinski definition) is 6. The summed E-state index contributed by atoms with van der Waals surface area (Å²) >= 11 is 1.42. The van der Waals surface area contributed by atoms with Crippen LogP contribution in [0.25, 0.3) is 11.1 Å². The minimum absolute atomic E-state index is 0.195. The van der Waals surface area contributed by atoms with Gasteiger partial charge in [-0.25, -0.2) is 13.4 Å². The minimum Gasteiger partial charge on any atom is -0.335 e. The summed E-state index contributed by atoms with van der Waals surface area (Å²) in [6, 6.07) is 9.27. The van der Waals surface area contributed by atoms with Crippen molar-refractivity contribution in [1.29, 1.82) is 0 Å². The quantitative estimate of drug-likeness (QED) is 0.648. The van der Waals surface area contributed by atoms with E-state index in [-0.39, 0.29) is 18.4 Å². The Labute approximate surface area is 166 Å². The number of aromatic nitrogens is 2. The minimum atomic E-state index is -3.45. The number of sulfone groups is 1. The first-order chi connectivity index (χ1) is 13.4. The maximum Gasteiger partial charge on any atom is 0.273 e. The molecule has 6 nitrogen and oxygen atoms in total. The first-order valence-electron chi connectivity index (χ1n) is 8.95. The third-order valence-corrected chi connectivity index (χ3v) is 8.53. The van der Waals surface area contributed by atoms with Crippen molar-refractivity contribution in [3.63, 3.8) is 0 Å². The topological polar surface area (TPSA) is 80.2 Å². The molecule has 1 saturated heterocycles. The third kappa shape index (κ3) is 2.59. The number of likely N-dealkylation sites (tertiary alicyclic amines) is 1. The molecule has 0 unspecified atom stereocenters. The van der Waals surface area contributed by atoms with Crippen molar-refractivity contribution in [2.75, 3.05) is 13.1 Å². The van der Waals surface area contributed by atoms with Gasteiger partial charge in [-0.15, -0.1) is 11.3 Å². The van der Waals surface area contributed by atoms with Gasteiger partial charge in [-0.05, 0) is 41.8 Å². The lowest BCUT2D eigenvalue weighted by Crippen LogP contribution is -2.31. The van der Waals surface area contributed by atoms with E-state index in [4.69, 9.17) is 0 Å². The maximum absolute atomic E-state index is 13.1. The largest absolute Gasteiger partial charge is 0.335 e. The number of aryl methyl sites for hydroxylation is 1. The van der Waals surface area contributed by atoms with E-state index in [9.17, 15) is 13.2 Å². The van der Waals surface area contributed by atoms with Gasteiger partial charge in [0.05, 0.1) is 15.2 Å². The summed E-state index contributed by atoms with van der Waals surface area (Å²) in [5, 5.41) is 1.96. The van der Waals surface area contributed by atoms with Gasteiger partial charge >= 0.3 is 0 Å². The number of thiazole rings is 1. The van der Waals surface area contributed by atoms with Crippen LogP contribution < -0.4 is 0 Å². The summed E-state index contributed by atoms with van der Waals surface area (Å²) in [4.78, 5) is 23.2. The number of hydrogen-bond donors (Lipinski definition) is 0. The highest BCUT2D eigenvalue weighted by Crippen LogP contribution is 2.46.